The quantitative estimate of drug-likeness (QED) is 0.841. The minimum absolute atomic E-state index is 0.0623. The third-order valence-corrected chi connectivity index (χ3v) is 2.66. The highest BCUT2D eigenvalue weighted by atomic mass is 16.5. The van der Waals surface area contributed by atoms with E-state index >= 15 is 0 Å². The van der Waals surface area contributed by atoms with Gasteiger partial charge in [0.1, 0.15) is 5.75 Å². The average molecular weight is 252 g/mol. The van der Waals surface area contributed by atoms with Crippen LogP contribution < -0.4 is 10.1 Å². The molecule has 1 aromatic carbocycles. The van der Waals surface area contributed by atoms with E-state index < -0.39 is 0 Å². The van der Waals surface area contributed by atoms with Gasteiger partial charge in [-0.3, -0.25) is 0 Å². The monoisotopic (exact) mass is 252 g/mol. The van der Waals surface area contributed by atoms with E-state index in [9.17, 15) is 4.79 Å². The van der Waals surface area contributed by atoms with Crippen molar-refractivity contribution in [2.75, 3.05) is 25.6 Å². The molecule has 5 nitrogen and oxygen atoms in total. The smallest absolute Gasteiger partial charge is 0.321 e. The number of benzene rings is 1. The van der Waals surface area contributed by atoms with Gasteiger partial charge in [-0.25, -0.2) is 4.79 Å². The normalized spacial score (nSPS) is 11.8. The largest absolute Gasteiger partial charge is 0.494 e. The van der Waals surface area contributed by atoms with Crippen molar-refractivity contribution in [3.63, 3.8) is 0 Å². The van der Waals surface area contributed by atoms with Crippen molar-refractivity contribution >= 4 is 11.7 Å². The Hall–Kier alpha value is -1.75. The van der Waals surface area contributed by atoms with Gasteiger partial charge in [0.25, 0.3) is 0 Å². The average Bonchev–Trinajstić information content (AvgIpc) is 2.39. The van der Waals surface area contributed by atoms with Gasteiger partial charge in [-0.05, 0) is 38.1 Å². The molecule has 0 saturated carbocycles. The SMILES string of the molecule is CCOc1ccc(NC(=O)N(C)C(C)CO)cc1. The van der Waals surface area contributed by atoms with Crippen LogP contribution >= 0.6 is 0 Å². The predicted molar refractivity (Wildman–Crippen MR) is 70.9 cm³/mol. The molecule has 100 valence electrons. The third kappa shape index (κ3) is 3.92. The zero-order valence-electron chi connectivity index (χ0n) is 11.0. The maximum Gasteiger partial charge on any atom is 0.321 e. The number of hydrogen-bond acceptors (Lipinski definition) is 3. The number of nitrogens with zero attached hydrogens (tertiary/aromatic N) is 1. The molecule has 0 heterocycles. The molecule has 0 fully saturated rings. The molecule has 0 aliphatic heterocycles. The molecule has 1 atom stereocenters. The van der Waals surface area contributed by atoms with Gasteiger partial charge in [0.15, 0.2) is 0 Å². The Morgan fingerprint density at radius 3 is 2.56 bits per heavy atom. The number of carbonyl (C=O) groups is 1. The number of nitrogens with one attached hydrogen (secondary N) is 1. The van der Waals surface area contributed by atoms with Crippen LogP contribution in [0.25, 0.3) is 0 Å². The van der Waals surface area contributed by atoms with Gasteiger partial charge >= 0.3 is 6.03 Å². The van der Waals surface area contributed by atoms with Crippen LogP contribution in [0.4, 0.5) is 10.5 Å². The van der Waals surface area contributed by atoms with Gasteiger partial charge in [-0.1, -0.05) is 0 Å². The van der Waals surface area contributed by atoms with Crippen molar-refractivity contribution < 1.29 is 14.6 Å². The standard InChI is InChI=1S/C13H20N2O3/c1-4-18-12-7-5-11(6-8-12)14-13(17)15(3)10(2)9-16/h5-8,10,16H,4,9H2,1-3H3,(H,14,17). The maximum atomic E-state index is 11.8. The van der Waals surface area contributed by atoms with Crippen molar-refractivity contribution in [2.45, 2.75) is 19.9 Å². The third-order valence-electron chi connectivity index (χ3n) is 2.66. The number of rotatable bonds is 5. The molecule has 2 N–H and O–H groups in total. The molecule has 1 unspecified atom stereocenters. The van der Waals surface area contributed by atoms with Gasteiger partial charge in [0, 0.05) is 12.7 Å². The second-order valence-electron chi connectivity index (χ2n) is 4.03. The van der Waals surface area contributed by atoms with Crippen LogP contribution in [0.1, 0.15) is 13.8 Å². The van der Waals surface area contributed by atoms with Crippen molar-refractivity contribution in [1.29, 1.82) is 0 Å². The molecule has 18 heavy (non-hydrogen) atoms. The lowest BCUT2D eigenvalue weighted by atomic mass is 10.3. The fourth-order valence-corrected chi connectivity index (χ4v) is 1.34. The van der Waals surface area contributed by atoms with Crippen LogP contribution in [0.3, 0.4) is 0 Å². The molecule has 0 bridgehead atoms. The van der Waals surface area contributed by atoms with Crippen LogP contribution in [-0.2, 0) is 0 Å². The Balaban J connectivity index is 2.59. The number of ether oxygens (including phenoxy) is 1. The Kier molecular flexibility index (Phi) is 5.45. The molecular formula is C13H20N2O3. The highest BCUT2D eigenvalue weighted by Gasteiger charge is 2.14. The van der Waals surface area contributed by atoms with Crippen LogP contribution in [0.15, 0.2) is 24.3 Å². The van der Waals surface area contributed by atoms with E-state index in [1.807, 2.05) is 6.92 Å². The molecule has 0 radical (unpaired) electrons. The van der Waals surface area contributed by atoms with E-state index in [0.29, 0.717) is 12.3 Å². The molecule has 2 amide bonds. The number of urea groups is 1. The highest BCUT2D eigenvalue weighted by Crippen LogP contribution is 2.16. The summed E-state index contributed by atoms with van der Waals surface area (Å²) in [6, 6.07) is 6.69. The first-order chi connectivity index (χ1) is 8.58. The van der Waals surface area contributed by atoms with E-state index in [-0.39, 0.29) is 18.7 Å². The van der Waals surface area contributed by atoms with E-state index in [1.54, 1.807) is 38.2 Å². The predicted octanol–water partition coefficient (Wildman–Crippen LogP) is 1.93. The summed E-state index contributed by atoms with van der Waals surface area (Å²) in [5, 5.41) is 11.7. The minimum Gasteiger partial charge on any atom is -0.494 e. The number of aliphatic hydroxyl groups excluding tert-OH is 1. The summed E-state index contributed by atoms with van der Waals surface area (Å²) in [6.07, 6.45) is 0. The van der Waals surface area contributed by atoms with E-state index in [1.165, 1.54) is 4.90 Å². The van der Waals surface area contributed by atoms with E-state index in [4.69, 9.17) is 9.84 Å². The minimum atomic E-state index is -0.249. The Morgan fingerprint density at radius 2 is 2.06 bits per heavy atom. The van der Waals surface area contributed by atoms with Crippen molar-refractivity contribution in [1.82, 2.24) is 4.90 Å². The number of likely N-dealkylation sites (N-methyl/N-ethyl adjacent to an activating group) is 1. The fourth-order valence-electron chi connectivity index (χ4n) is 1.34. The molecule has 0 aromatic heterocycles. The van der Waals surface area contributed by atoms with E-state index in [2.05, 4.69) is 5.32 Å². The van der Waals surface area contributed by atoms with Crippen molar-refractivity contribution in [3.05, 3.63) is 24.3 Å². The Labute approximate surface area is 107 Å². The topological polar surface area (TPSA) is 61.8 Å². The summed E-state index contributed by atoms with van der Waals surface area (Å²) in [5.41, 5.74) is 0.695. The van der Waals surface area contributed by atoms with E-state index in [0.717, 1.165) is 5.75 Å². The first-order valence-corrected chi connectivity index (χ1v) is 5.96. The maximum absolute atomic E-state index is 11.8. The first-order valence-electron chi connectivity index (χ1n) is 5.96. The van der Waals surface area contributed by atoms with Gasteiger partial charge in [-0.15, -0.1) is 0 Å². The molecule has 0 saturated heterocycles. The first kappa shape index (κ1) is 14.3. The van der Waals surface area contributed by atoms with Crippen LogP contribution in [0.5, 0.6) is 5.75 Å². The van der Waals surface area contributed by atoms with Crippen LogP contribution in [0, 0.1) is 0 Å². The summed E-state index contributed by atoms with van der Waals surface area (Å²) in [5.74, 6) is 0.771. The molecule has 1 aromatic rings. The van der Waals surface area contributed by atoms with Gasteiger partial charge in [0.2, 0.25) is 0 Å². The lowest BCUT2D eigenvalue weighted by Gasteiger charge is -2.23. The summed E-state index contributed by atoms with van der Waals surface area (Å²) in [7, 11) is 1.64. The molecule has 1 rings (SSSR count). The molecule has 5 heteroatoms. The van der Waals surface area contributed by atoms with Gasteiger partial charge in [-0.2, -0.15) is 0 Å². The summed E-state index contributed by atoms with van der Waals surface area (Å²) in [4.78, 5) is 13.3. The fraction of sp³-hybridized carbons (Fsp3) is 0.462. The zero-order chi connectivity index (χ0) is 13.5. The second kappa shape index (κ2) is 6.86. The summed E-state index contributed by atoms with van der Waals surface area (Å²) < 4.78 is 5.31. The molecule has 0 aliphatic carbocycles. The van der Waals surface area contributed by atoms with Gasteiger partial charge < -0.3 is 20.1 Å². The summed E-state index contributed by atoms with van der Waals surface area (Å²) in [6.45, 7) is 4.24. The number of amides is 2. The van der Waals surface area contributed by atoms with Crippen LogP contribution in [0.2, 0.25) is 0 Å². The number of carbonyl (C=O) groups excluding carboxylic acids is 1. The van der Waals surface area contributed by atoms with Crippen molar-refractivity contribution in [3.8, 4) is 5.75 Å². The highest BCUT2D eigenvalue weighted by molar-refractivity contribution is 5.89. The lowest BCUT2D eigenvalue weighted by Crippen LogP contribution is -2.40. The Bertz CT molecular complexity index is 378. The molecule has 0 aliphatic rings. The van der Waals surface area contributed by atoms with Crippen molar-refractivity contribution in [2.24, 2.45) is 0 Å². The molecular weight excluding hydrogens is 232 g/mol. The zero-order valence-corrected chi connectivity index (χ0v) is 11.0. The lowest BCUT2D eigenvalue weighted by molar-refractivity contribution is 0.166. The second-order valence-corrected chi connectivity index (χ2v) is 4.03. The Morgan fingerprint density at radius 1 is 1.44 bits per heavy atom. The number of aliphatic hydroxyl groups is 1. The van der Waals surface area contributed by atoms with Crippen LogP contribution in [-0.4, -0.2) is 42.3 Å². The number of anilines is 1. The van der Waals surface area contributed by atoms with Gasteiger partial charge in [0.05, 0.1) is 19.3 Å². The summed E-state index contributed by atoms with van der Waals surface area (Å²) >= 11 is 0. The molecule has 0 spiro atoms. The number of hydrogen-bond donors (Lipinski definition) is 2.